The van der Waals surface area contributed by atoms with Crippen molar-refractivity contribution in [2.24, 2.45) is 0 Å². The van der Waals surface area contributed by atoms with Crippen LogP contribution < -0.4 is 20.4 Å². The Bertz CT molecular complexity index is 1580. The zero-order valence-electron chi connectivity index (χ0n) is 28.4. The molecular formula is C36H47N9O3. The molecule has 1 aromatic heterocycles. The first-order valence-electron chi connectivity index (χ1n) is 17.4. The molecule has 12 heteroatoms. The van der Waals surface area contributed by atoms with Crippen molar-refractivity contribution in [1.29, 1.82) is 0 Å². The molecule has 254 valence electrons. The maximum absolute atomic E-state index is 13.0. The van der Waals surface area contributed by atoms with Crippen LogP contribution in [0.2, 0.25) is 0 Å². The molecule has 2 aromatic carbocycles. The Kier molecular flexibility index (Phi) is 9.19. The summed E-state index contributed by atoms with van der Waals surface area (Å²) in [6.45, 7) is 7.38. The minimum atomic E-state index is -0.364. The summed E-state index contributed by atoms with van der Waals surface area (Å²) < 4.78 is 5.84. The first-order valence-corrected chi connectivity index (χ1v) is 17.4. The number of urea groups is 1. The number of anilines is 4. The van der Waals surface area contributed by atoms with Gasteiger partial charge in [0.1, 0.15) is 0 Å². The van der Waals surface area contributed by atoms with Crippen LogP contribution in [0.25, 0.3) is 11.4 Å². The molecule has 0 spiro atoms. The maximum Gasteiger partial charge on any atom is 0.323 e. The molecular weight excluding hydrogens is 606 g/mol. The highest BCUT2D eigenvalue weighted by Gasteiger charge is 2.40. The van der Waals surface area contributed by atoms with E-state index in [0.29, 0.717) is 54.1 Å². The van der Waals surface area contributed by atoms with Crippen LogP contribution >= 0.6 is 0 Å². The molecule has 2 N–H and O–H groups in total. The topological polar surface area (TPSA) is 119 Å². The summed E-state index contributed by atoms with van der Waals surface area (Å²) in [4.78, 5) is 49.7. The Balaban J connectivity index is 1.01. The number of rotatable bonds is 7. The second-order valence-electron chi connectivity index (χ2n) is 14.0. The summed E-state index contributed by atoms with van der Waals surface area (Å²) in [6, 6.07) is 16.1. The number of carbonyl (C=O) groups is 2. The Morgan fingerprint density at radius 2 is 1.27 bits per heavy atom. The van der Waals surface area contributed by atoms with Crippen molar-refractivity contribution >= 4 is 35.2 Å². The fraction of sp³-hybridized carbons (Fsp3) is 0.528. The second-order valence-corrected chi connectivity index (χ2v) is 14.0. The standard InChI is InChI=1S/C36H47N9O3/c1-23-5-6-24(2)44(23)34-39-32(40-35(41-34)45-30-15-16-31(45)22-48-21-30)25-7-11-27(12-8-25)37-36(47)38-28-13-9-26(10-14-28)33(46)43-19-17-29(18-20-43)42(3)4/h7-14,23-24,29-31H,5-6,15-22H2,1-4H3,(H2,37,38,47). The minimum absolute atomic E-state index is 0.0301. The molecule has 4 aliphatic rings. The number of hydrogen-bond acceptors (Lipinski definition) is 9. The molecule has 3 aromatic rings. The van der Waals surface area contributed by atoms with Gasteiger partial charge in [0.05, 0.1) is 25.3 Å². The van der Waals surface area contributed by atoms with Gasteiger partial charge in [-0.05, 0) is 115 Å². The number of amides is 3. The number of benzene rings is 2. The fourth-order valence-electron chi connectivity index (χ4n) is 7.72. The van der Waals surface area contributed by atoms with Crippen molar-refractivity contribution in [3.8, 4) is 11.4 Å². The molecule has 4 aliphatic heterocycles. The molecule has 0 saturated carbocycles. The second kappa shape index (κ2) is 13.7. The summed E-state index contributed by atoms with van der Waals surface area (Å²) in [5.74, 6) is 2.10. The average Bonchev–Trinajstić information content (AvgIpc) is 3.57. The van der Waals surface area contributed by atoms with Gasteiger partial charge in [0.25, 0.3) is 5.91 Å². The number of nitrogens with one attached hydrogen (secondary N) is 2. The molecule has 4 atom stereocenters. The van der Waals surface area contributed by atoms with Crippen LogP contribution in [0.4, 0.5) is 28.1 Å². The largest absolute Gasteiger partial charge is 0.377 e. The number of carbonyl (C=O) groups excluding carboxylic acids is 2. The van der Waals surface area contributed by atoms with Crippen molar-refractivity contribution in [2.45, 2.75) is 82.6 Å². The summed E-state index contributed by atoms with van der Waals surface area (Å²) >= 11 is 0. The number of fused-ring (bicyclic) bond motifs is 2. The molecule has 0 radical (unpaired) electrons. The number of nitrogens with zero attached hydrogens (tertiary/aromatic N) is 7. The van der Waals surface area contributed by atoms with Crippen molar-refractivity contribution in [3.63, 3.8) is 0 Å². The van der Waals surface area contributed by atoms with Crippen LogP contribution in [0.5, 0.6) is 0 Å². The number of morpholine rings is 1. The Labute approximate surface area is 282 Å². The summed E-state index contributed by atoms with van der Waals surface area (Å²) in [6.07, 6.45) is 6.34. The van der Waals surface area contributed by atoms with Gasteiger partial charge in [0, 0.05) is 53.7 Å². The van der Waals surface area contributed by atoms with Gasteiger partial charge in [-0.1, -0.05) is 0 Å². The lowest BCUT2D eigenvalue weighted by Crippen LogP contribution is -2.47. The minimum Gasteiger partial charge on any atom is -0.377 e. The number of likely N-dealkylation sites (tertiary alicyclic amines) is 1. The summed E-state index contributed by atoms with van der Waals surface area (Å²) in [7, 11) is 4.18. The van der Waals surface area contributed by atoms with Gasteiger partial charge in [-0.3, -0.25) is 4.79 Å². The SMILES string of the molecule is CC1CCC(C)N1c1nc(-c2ccc(NC(=O)Nc3ccc(C(=O)N4CCC(N(C)C)CC4)cc3)cc2)nc(N2C3CCC2COC3)n1. The first kappa shape index (κ1) is 32.3. The van der Waals surface area contributed by atoms with E-state index < -0.39 is 0 Å². The normalized spacial score (nSPS) is 24.3. The molecule has 4 saturated heterocycles. The zero-order valence-corrected chi connectivity index (χ0v) is 28.4. The van der Waals surface area contributed by atoms with Gasteiger partial charge in [-0.2, -0.15) is 15.0 Å². The molecule has 2 bridgehead atoms. The van der Waals surface area contributed by atoms with Crippen LogP contribution in [0.3, 0.4) is 0 Å². The van der Waals surface area contributed by atoms with E-state index in [9.17, 15) is 9.59 Å². The first-order chi connectivity index (χ1) is 23.2. The molecule has 3 amide bonds. The van der Waals surface area contributed by atoms with Crippen molar-refractivity contribution in [1.82, 2.24) is 24.8 Å². The van der Waals surface area contributed by atoms with E-state index in [2.05, 4.69) is 53.3 Å². The van der Waals surface area contributed by atoms with Gasteiger partial charge in [-0.15, -0.1) is 0 Å². The molecule has 0 aliphatic carbocycles. The number of ether oxygens (including phenoxy) is 1. The molecule has 5 heterocycles. The highest BCUT2D eigenvalue weighted by atomic mass is 16.5. The van der Waals surface area contributed by atoms with Crippen molar-refractivity contribution in [3.05, 3.63) is 54.1 Å². The van der Waals surface area contributed by atoms with Gasteiger partial charge in [0.15, 0.2) is 5.82 Å². The molecule has 12 nitrogen and oxygen atoms in total. The molecule has 48 heavy (non-hydrogen) atoms. The Morgan fingerprint density at radius 3 is 1.83 bits per heavy atom. The van der Waals surface area contributed by atoms with Crippen molar-refractivity contribution < 1.29 is 14.3 Å². The van der Waals surface area contributed by atoms with Crippen LogP contribution in [-0.2, 0) is 4.74 Å². The fourth-order valence-corrected chi connectivity index (χ4v) is 7.72. The van der Waals surface area contributed by atoms with E-state index in [-0.39, 0.29) is 24.0 Å². The third-order valence-electron chi connectivity index (χ3n) is 10.5. The van der Waals surface area contributed by atoms with Crippen LogP contribution in [0.1, 0.15) is 62.7 Å². The van der Waals surface area contributed by atoms with Gasteiger partial charge < -0.3 is 35.0 Å². The summed E-state index contributed by atoms with van der Waals surface area (Å²) in [5.41, 5.74) is 2.74. The van der Waals surface area contributed by atoms with E-state index in [4.69, 9.17) is 19.7 Å². The van der Waals surface area contributed by atoms with Gasteiger partial charge in [0.2, 0.25) is 11.9 Å². The summed E-state index contributed by atoms with van der Waals surface area (Å²) in [5, 5.41) is 5.78. The van der Waals surface area contributed by atoms with Gasteiger partial charge >= 0.3 is 6.03 Å². The Hall–Kier alpha value is -4.29. The Morgan fingerprint density at radius 1 is 0.729 bits per heavy atom. The molecule has 4 unspecified atom stereocenters. The lowest BCUT2D eigenvalue weighted by Gasteiger charge is -2.35. The highest BCUT2D eigenvalue weighted by Crippen LogP contribution is 2.35. The smallest absolute Gasteiger partial charge is 0.323 e. The number of aromatic nitrogens is 3. The van der Waals surface area contributed by atoms with E-state index in [1.807, 2.05) is 29.2 Å². The van der Waals surface area contributed by atoms with Crippen LogP contribution in [0.15, 0.2) is 48.5 Å². The monoisotopic (exact) mass is 653 g/mol. The third-order valence-corrected chi connectivity index (χ3v) is 10.5. The lowest BCUT2D eigenvalue weighted by atomic mass is 10.0. The van der Waals surface area contributed by atoms with E-state index in [0.717, 1.165) is 69.1 Å². The molecule has 7 rings (SSSR count). The van der Waals surface area contributed by atoms with Crippen molar-refractivity contribution in [2.75, 3.05) is 60.8 Å². The zero-order chi connectivity index (χ0) is 33.4. The number of hydrogen-bond donors (Lipinski definition) is 2. The molecule has 4 fully saturated rings. The third kappa shape index (κ3) is 6.68. The number of piperidine rings is 1. The van der Waals surface area contributed by atoms with Crippen LogP contribution in [0, 0.1) is 0 Å². The highest BCUT2D eigenvalue weighted by molar-refractivity contribution is 6.00. The quantitative estimate of drug-likeness (QED) is 0.359. The van der Waals surface area contributed by atoms with E-state index in [1.54, 1.807) is 24.3 Å². The van der Waals surface area contributed by atoms with Crippen LogP contribution in [-0.4, -0.2) is 107 Å². The van der Waals surface area contributed by atoms with E-state index >= 15 is 0 Å². The average molecular weight is 654 g/mol. The van der Waals surface area contributed by atoms with E-state index in [1.165, 1.54) is 0 Å². The predicted octanol–water partition coefficient (Wildman–Crippen LogP) is 5.09. The predicted molar refractivity (Wildman–Crippen MR) is 188 cm³/mol. The maximum atomic E-state index is 13.0. The lowest BCUT2D eigenvalue weighted by molar-refractivity contribution is 0.0663. The van der Waals surface area contributed by atoms with Gasteiger partial charge in [-0.25, -0.2) is 4.79 Å².